The van der Waals surface area contributed by atoms with Crippen LogP contribution >= 0.6 is 0 Å². The number of aliphatic hydroxyl groups excluding tert-OH is 1. The van der Waals surface area contributed by atoms with Crippen molar-refractivity contribution in [3.05, 3.63) is 78.0 Å². The molecule has 4 heterocycles. The van der Waals surface area contributed by atoms with E-state index in [2.05, 4.69) is 47.1 Å². The number of aromatic nitrogens is 1. The zero-order valence-electron chi connectivity index (χ0n) is 21.2. The monoisotopic (exact) mass is 483 g/mol. The molecule has 0 radical (unpaired) electrons. The van der Waals surface area contributed by atoms with Crippen LogP contribution in [0.3, 0.4) is 0 Å². The number of aliphatic hydroxyl groups is 1. The molecule has 36 heavy (non-hydrogen) atoms. The standard InChI is InChI=1S/C31H37N3O2/c1-3-20-19-34-14-13-22(20)15-29(34)31(35)30-26-16-24(36-2)11-12-27(26)33-18-28(30)32-17-23-9-6-8-21-7-4-5-10-25(21)23/h3-5,7,10-12,16,18,20,22-23,29,31-32,35H,1,6,8-9,13-15,17,19H2,2H3/t20-,22-,23+,29-,31-/m0/s1. The summed E-state index contributed by atoms with van der Waals surface area (Å²) in [5.41, 5.74) is 5.71. The van der Waals surface area contributed by atoms with E-state index < -0.39 is 6.10 Å². The number of pyridine rings is 1. The first-order valence-electron chi connectivity index (χ1n) is 13.5. The molecule has 3 aliphatic heterocycles. The lowest BCUT2D eigenvalue weighted by Gasteiger charge is -2.50. The molecule has 5 heteroatoms. The number of nitrogens with zero attached hydrogens (tertiary/aromatic N) is 2. The number of rotatable bonds is 7. The molecule has 3 fully saturated rings. The number of piperidine rings is 3. The molecule has 1 aliphatic carbocycles. The molecule has 2 N–H and O–H groups in total. The van der Waals surface area contributed by atoms with Crippen LogP contribution in [-0.4, -0.2) is 47.8 Å². The van der Waals surface area contributed by atoms with Crippen molar-refractivity contribution in [2.45, 2.75) is 50.2 Å². The molecule has 188 valence electrons. The SMILES string of the molecule is C=C[C@H]1CN2CC[C@H]1C[C@H]2[C@H](O)c1c(NC[C@H]2CCCc3ccccc32)cnc2ccc(OC)cc12. The van der Waals surface area contributed by atoms with E-state index in [-0.39, 0.29) is 6.04 Å². The van der Waals surface area contributed by atoms with Gasteiger partial charge in [0.2, 0.25) is 0 Å². The highest BCUT2D eigenvalue weighted by molar-refractivity contribution is 5.88. The number of hydrogen-bond acceptors (Lipinski definition) is 5. The molecule has 6 atom stereocenters. The Kier molecular flexibility index (Phi) is 6.44. The summed E-state index contributed by atoms with van der Waals surface area (Å²) in [5.74, 6) is 2.38. The maximum atomic E-state index is 12.0. The quantitative estimate of drug-likeness (QED) is 0.422. The third-order valence-electron chi connectivity index (χ3n) is 8.96. The summed E-state index contributed by atoms with van der Waals surface area (Å²) in [4.78, 5) is 7.25. The van der Waals surface area contributed by atoms with E-state index in [1.165, 1.54) is 36.8 Å². The zero-order valence-corrected chi connectivity index (χ0v) is 21.2. The number of fused-ring (bicyclic) bond motifs is 5. The van der Waals surface area contributed by atoms with Crippen LogP contribution in [0.1, 0.15) is 54.4 Å². The maximum absolute atomic E-state index is 12.0. The number of ether oxygens (including phenoxy) is 1. The first-order chi connectivity index (χ1) is 17.7. The lowest BCUT2D eigenvalue weighted by Crippen LogP contribution is -2.54. The third-order valence-corrected chi connectivity index (χ3v) is 8.96. The Morgan fingerprint density at radius 2 is 2.14 bits per heavy atom. The number of hydrogen-bond donors (Lipinski definition) is 2. The third kappa shape index (κ3) is 4.18. The zero-order chi connectivity index (χ0) is 24.6. The van der Waals surface area contributed by atoms with Gasteiger partial charge in [0.1, 0.15) is 5.75 Å². The lowest BCUT2D eigenvalue weighted by atomic mass is 9.73. The minimum atomic E-state index is -0.600. The summed E-state index contributed by atoms with van der Waals surface area (Å²) in [5, 5.41) is 16.7. The molecule has 3 saturated heterocycles. The largest absolute Gasteiger partial charge is 0.497 e. The predicted octanol–water partition coefficient (Wildman–Crippen LogP) is 5.71. The van der Waals surface area contributed by atoms with E-state index >= 15 is 0 Å². The summed E-state index contributed by atoms with van der Waals surface area (Å²) in [6.07, 6.45) is 9.19. The van der Waals surface area contributed by atoms with Crippen molar-refractivity contribution in [3.63, 3.8) is 0 Å². The van der Waals surface area contributed by atoms with Gasteiger partial charge < -0.3 is 15.2 Å². The van der Waals surface area contributed by atoms with E-state index in [9.17, 15) is 5.11 Å². The summed E-state index contributed by atoms with van der Waals surface area (Å²) < 4.78 is 5.56. The van der Waals surface area contributed by atoms with Crippen molar-refractivity contribution in [3.8, 4) is 5.75 Å². The van der Waals surface area contributed by atoms with E-state index in [0.29, 0.717) is 17.8 Å². The molecule has 2 bridgehead atoms. The van der Waals surface area contributed by atoms with Crippen LogP contribution < -0.4 is 10.1 Å². The van der Waals surface area contributed by atoms with Crippen molar-refractivity contribution < 1.29 is 9.84 Å². The van der Waals surface area contributed by atoms with Crippen LogP contribution in [0, 0.1) is 11.8 Å². The molecular formula is C31H37N3O2. The number of anilines is 1. The lowest BCUT2D eigenvalue weighted by molar-refractivity contribution is -0.0442. The van der Waals surface area contributed by atoms with Gasteiger partial charge in [-0.1, -0.05) is 30.3 Å². The average molecular weight is 484 g/mol. The van der Waals surface area contributed by atoms with Crippen LogP contribution in [0.25, 0.3) is 10.9 Å². The molecule has 2 aromatic carbocycles. The first kappa shape index (κ1) is 23.5. The normalized spacial score (nSPS) is 27.9. The Bertz CT molecular complexity index is 1260. The van der Waals surface area contributed by atoms with Gasteiger partial charge >= 0.3 is 0 Å². The fourth-order valence-electron chi connectivity index (χ4n) is 6.98. The molecule has 1 unspecified atom stereocenters. The van der Waals surface area contributed by atoms with Gasteiger partial charge in [-0.25, -0.2) is 0 Å². The summed E-state index contributed by atoms with van der Waals surface area (Å²) in [6.45, 7) is 6.94. The molecule has 3 aromatic rings. The average Bonchev–Trinajstić information content (AvgIpc) is 2.95. The number of methoxy groups -OCH3 is 1. The number of aryl methyl sites for hydroxylation is 1. The summed E-state index contributed by atoms with van der Waals surface area (Å²) >= 11 is 0. The highest BCUT2D eigenvalue weighted by Gasteiger charge is 2.43. The summed E-state index contributed by atoms with van der Waals surface area (Å²) in [6, 6.07) is 14.9. The van der Waals surface area contributed by atoms with Crippen molar-refractivity contribution in [1.29, 1.82) is 0 Å². The Morgan fingerprint density at radius 3 is 2.94 bits per heavy atom. The van der Waals surface area contributed by atoms with Crippen molar-refractivity contribution in [2.24, 2.45) is 11.8 Å². The fourth-order valence-corrected chi connectivity index (χ4v) is 6.98. The molecule has 4 aliphatic rings. The van der Waals surface area contributed by atoms with Gasteiger partial charge in [0.15, 0.2) is 0 Å². The first-order valence-corrected chi connectivity index (χ1v) is 13.5. The smallest absolute Gasteiger partial charge is 0.119 e. The van der Waals surface area contributed by atoms with Crippen LogP contribution in [0.2, 0.25) is 0 Å². The van der Waals surface area contributed by atoms with Gasteiger partial charge in [0, 0.05) is 36.0 Å². The Balaban J connectivity index is 1.35. The Labute approximate surface area is 214 Å². The highest BCUT2D eigenvalue weighted by atomic mass is 16.5. The van der Waals surface area contributed by atoms with E-state index in [0.717, 1.165) is 54.0 Å². The second-order valence-corrected chi connectivity index (χ2v) is 10.8. The van der Waals surface area contributed by atoms with Crippen LogP contribution in [-0.2, 0) is 6.42 Å². The Morgan fingerprint density at radius 1 is 1.25 bits per heavy atom. The number of nitrogens with one attached hydrogen (secondary N) is 1. The van der Waals surface area contributed by atoms with Gasteiger partial charge in [-0.15, -0.1) is 6.58 Å². The molecular weight excluding hydrogens is 446 g/mol. The second kappa shape index (κ2) is 9.87. The molecule has 0 amide bonds. The molecule has 0 saturated carbocycles. The van der Waals surface area contributed by atoms with Crippen molar-refractivity contribution in [1.82, 2.24) is 9.88 Å². The van der Waals surface area contributed by atoms with Gasteiger partial charge in [0.05, 0.1) is 30.6 Å². The molecule has 1 aromatic heterocycles. The highest BCUT2D eigenvalue weighted by Crippen LogP contribution is 2.44. The van der Waals surface area contributed by atoms with Crippen LogP contribution in [0.15, 0.2) is 61.3 Å². The predicted molar refractivity (Wildman–Crippen MR) is 146 cm³/mol. The maximum Gasteiger partial charge on any atom is 0.119 e. The number of benzene rings is 2. The second-order valence-electron chi connectivity index (χ2n) is 10.8. The summed E-state index contributed by atoms with van der Waals surface area (Å²) in [7, 11) is 1.69. The van der Waals surface area contributed by atoms with E-state index in [1.54, 1.807) is 7.11 Å². The molecule has 0 spiro atoms. The Hall–Kier alpha value is -2.89. The van der Waals surface area contributed by atoms with Crippen molar-refractivity contribution in [2.75, 3.05) is 32.1 Å². The van der Waals surface area contributed by atoms with E-state index in [1.807, 2.05) is 24.4 Å². The van der Waals surface area contributed by atoms with Crippen molar-refractivity contribution >= 4 is 16.6 Å². The van der Waals surface area contributed by atoms with Crippen LogP contribution in [0.5, 0.6) is 5.75 Å². The molecule has 7 rings (SSSR count). The van der Waals surface area contributed by atoms with Gasteiger partial charge in [-0.3, -0.25) is 9.88 Å². The minimum absolute atomic E-state index is 0.104. The van der Waals surface area contributed by atoms with Gasteiger partial charge in [-0.2, -0.15) is 0 Å². The topological polar surface area (TPSA) is 57.6 Å². The molecule has 5 nitrogen and oxygen atoms in total. The van der Waals surface area contributed by atoms with E-state index in [4.69, 9.17) is 9.72 Å². The van der Waals surface area contributed by atoms with Gasteiger partial charge in [-0.05, 0) is 79.8 Å². The fraction of sp³-hybridized carbons (Fsp3) is 0.452. The van der Waals surface area contributed by atoms with Gasteiger partial charge in [0.25, 0.3) is 0 Å². The minimum Gasteiger partial charge on any atom is -0.497 e. The van der Waals surface area contributed by atoms with Crippen LogP contribution in [0.4, 0.5) is 5.69 Å².